The Morgan fingerprint density at radius 1 is 0.727 bits per heavy atom. The lowest BCUT2D eigenvalue weighted by Gasteiger charge is -2.39. The molecule has 0 saturated carbocycles. The summed E-state index contributed by atoms with van der Waals surface area (Å²) in [5.74, 6) is 0.946. The first-order valence-electron chi connectivity index (χ1n) is 17.2. The van der Waals surface area contributed by atoms with Crippen molar-refractivity contribution in [1.82, 2.24) is 9.88 Å². The molecule has 1 aromatic rings. The molecule has 0 aliphatic carbocycles. The maximum Gasteiger partial charge on any atom is 0.508 e. The largest absolute Gasteiger partial charge is 0.508 e. The van der Waals surface area contributed by atoms with Crippen molar-refractivity contribution < 1.29 is 28.5 Å². The standard InChI is InChI=1S/C34H58ClN3O6/c1-3-5-7-13-26-41-33(39)43-28-15-9-11-22-37(23-12-10-16-29-44-34(40)42-27-14-8-6-4-2)30-20-24-38(25-21-30)32-19-17-18-31(35)36-32/h17-19,30H,3-16,20-29H2,1-2H3. The third-order valence-electron chi connectivity index (χ3n) is 8.06. The molecule has 0 atom stereocenters. The molecule has 0 amide bonds. The second-order valence-electron chi connectivity index (χ2n) is 11.7. The molecule has 252 valence electrons. The molecule has 0 N–H and O–H groups in total. The zero-order valence-electron chi connectivity index (χ0n) is 27.4. The van der Waals surface area contributed by atoms with E-state index in [-0.39, 0.29) is 0 Å². The second kappa shape index (κ2) is 25.0. The van der Waals surface area contributed by atoms with E-state index in [9.17, 15) is 9.59 Å². The van der Waals surface area contributed by atoms with Gasteiger partial charge in [0.05, 0.1) is 26.4 Å². The number of nitrogens with zero attached hydrogens (tertiary/aromatic N) is 3. The molecule has 44 heavy (non-hydrogen) atoms. The number of anilines is 1. The highest BCUT2D eigenvalue weighted by atomic mass is 35.5. The van der Waals surface area contributed by atoms with Gasteiger partial charge in [-0.05, 0) is 89.4 Å². The maximum absolute atomic E-state index is 11.8. The van der Waals surface area contributed by atoms with Crippen LogP contribution in [0.1, 0.15) is 117 Å². The van der Waals surface area contributed by atoms with Crippen molar-refractivity contribution in [2.75, 3.05) is 57.5 Å². The molecule has 0 radical (unpaired) electrons. The fourth-order valence-electron chi connectivity index (χ4n) is 5.46. The lowest BCUT2D eigenvalue weighted by Crippen LogP contribution is -2.46. The fraction of sp³-hybridized carbons (Fsp3) is 0.794. The van der Waals surface area contributed by atoms with Gasteiger partial charge in [0.1, 0.15) is 11.0 Å². The normalized spacial score (nSPS) is 13.7. The average molecular weight is 640 g/mol. The summed E-state index contributed by atoms with van der Waals surface area (Å²) < 4.78 is 20.8. The summed E-state index contributed by atoms with van der Waals surface area (Å²) in [5, 5.41) is 0.527. The second-order valence-corrected chi connectivity index (χ2v) is 12.1. The SMILES string of the molecule is CCCCCCOC(=O)OCCCCCN(CCCCCOC(=O)OCCCCCC)C1CCN(c2cccc(Cl)n2)CC1. The number of ether oxygens (including phenoxy) is 4. The highest BCUT2D eigenvalue weighted by Gasteiger charge is 2.25. The number of aromatic nitrogens is 1. The Morgan fingerprint density at radius 3 is 1.61 bits per heavy atom. The Kier molecular flexibility index (Phi) is 21.5. The molecule has 2 rings (SSSR count). The van der Waals surface area contributed by atoms with Crippen LogP contribution in [0.2, 0.25) is 5.15 Å². The van der Waals surface area contributed by atoms with Crippen molar-refractivity contribution in [3.8, 4) is 0 Å². The first-order valence-corrected chi connectivity index (χ1v) is 17.6. The molecule has 9 nitrogen and oxygen atoms in total. The van der Waals surface area contributed by atoms with E-state index in [2.05, 4.69) is 28.6 Å². The van der Waals surface area contributed by atoms with Gasteiger partial charge >= 0.3 is 12.3 Å². The number of rotatable bonds is 24. The van der Waals surface area contributed by atoms with Gasteiger partial charge in [-0.25, -0.2) is 14.6 Å². The molecule has 2 heterocycles. The average Bonchev–Trinajstić information content (AvgIpc) is 3.03. The van der Waals surface area contributed by atoms with Gasteiger partial charge in [0, 0.05) is 19.1 Å². The Balaban J connectivity index is 1.68. The molecule has 0 aromatic carbocycles. The van der Waals surface area contributed by atoms with Crippen LogP contribution in [0.3, 0.4) is 0 Å². The van der Waals surface area contributed by atoms with E-state index in [1.807, 2.05) is 18.2 Å². The van der Waals surface area contributed by atoms with E-state index in [0.717, 1.165) is 135 Å². The zero-order valence-corrected chi connectivity index (χ0v) is 28.2. The van der Waals surface area contributed by atoms with Gasteiger partial charge in [0.2, 0.25) is 0 Å². The minimum Gasteiger partial charge on any atom is -0.434 e. The molecule has 0 spiro atoms. The zero-order chi connectivity index (χ0) is 31.7. The third-order valence-corrected chi connectivity index (χ3v) is 8.27. The third kappa shape index (κ3) is 17.9. The molecule has 1 aromatic heterocycles. The number of piperidine rings is 1. The number of hydrogen-bond acceptors (Lipinski definition) is 9. The maximum atomic E-state index is 11.8. The molecular formula is C34H58ClN3O6. The van der Waals surface area contributed by atoms with Crippen molar-refractivity contribution in [2.45, 2.75) is 123 Å². The van der Waals surface area contributed by atoms with Crippen molar-refractivity contribution in [2.24, 2.45) is 0 Å². The van der Waals surface area contributed by atoms with Crippen LogP contribution in [0.4, 0.5) is 15.4 Å². The van der Waals surface area contributed by atoms with Crippen LogP contribution in [0.25, 0.3) is 0 Å². The molecule has 0 unspecified atom stereocenters. The van der Waals surface area contributed by atoms with Crippen LogP contribution in [0.15, 0.2) is 18.2 Å². The van der Waals surface area contributed by atoms with Gasteiger partial charge in [-0.1, -0.05) is 70.0 Å². The van der Waals surface area contributed by atoms with E-state index < -0.39 is 12.3 Å². The molecule has 0 bridgehead atoms. The highest BCUT2D eigenvalue weighted by Crippen LogP contribution is 2.23. The van der Waals surface area contributed by atoms with Gasteiger partial charge in [-0.15, -0.1) is 0 Å². The van der Waals surface area contributed by atoms with E-state index in [4.69, 9.17) is 30.5 Å². The molecule has 1 saturated heterocycles. The minimum absolute atomic E-state index is 0.403. The van der Waals surface area contributed by atoms with Crippen molar-refractivity contribution in [1.29, 1.82) is 0 Å². The Morgan fingerprint density at radius 2 is 1.18 bits per heavy atom. The van der Waals surface area contributed by atoms with Crippen LogP contribution in [0.5, 0.6) is 0 Å². The van der Waals surface area contributed by atoms with Crippen LogP contribution in [-0.2, 0) is 18.9 Å². The first kappa shape index (κ1) is 37.9. The van der Waals surface area contributed by atoms with Crippen LogP contribution in [0, 0.1) is 0 Å². The molecular weight excluding hydrogens is 582 g/mol. The molecule has 1 aliphatic rings. The van der Waals surface area contributed by atoms with E-state index in [1.165, 1.54) is 0 Å². The van der Waals surface area contributed by atoms with Crippen LogP contribution >= 0.6 is 11.6 Å². The highest BCUT2D eigenvalue weighted by molar-refractivity contribution is 6.29. The quantitative estimate of drug-likeness (QED) is 0.0625. The minimum atomic E-state index is -0.548. The van der Waals surface area contributed by atoms with E-state index in [1.54, 1.807) is 0 Å². The summed E-state index contributed by atoms with van der Waals surface area (Å²) in [6.45, 7) is 9.95. The lowest BCUT2D eigenvalue weighted by atomic mass is 10.0. The number of hydrogen-bond donors (Lipinski definition) is 0. The van der Waals surface area contributed by atoms with Crippen LogP contribution in [-0.4, -0.2) is 80.8 Å². The lowest BCUT2D eigenvalue weighted by molar-refractivity contribution is 0.0521. The molecule has 1 fully saturated rings. The summed E-state index contributed by atoms with van der Waals surface area (Å²) in [7, 11) is 0. The summed E-state index contributed by atoms with van der Waals surface area (Å²) in [6.07, 6.45) is 15.4. The number of carbonyl (C=O) groups is 2. The monoisotopic (exact) mass is 639 g/mol. The summed E-state index contributed by atoms with van der Waals surface area (Å²) >= 11 is 6.13. The smallest absolute Gasteiger partial charge is 0.434 e. The number of carbonyl (C=O) groups excluding carboxylic acids is 2. The van der Waals surface area contributed by atoms with Gasteiger partial charge in [-0.2, -0.15) is 0 Å². The Bertz CT molecular complexity index is 846. The number of unbranched alkanes of at least 4 members (excludes halogenated alkanes) is 10. The summed E-state index contributed by atoms with van der Waals surface area (Å²) in [6, 6.07) is 6.31. The predicted octanol–water partition coefficient (Wildman–Crippen LogP) is 8.81. The number of halogens is 1. The predicted molar refractivity (Wildman–Crippen MR) is 177 cm³/mol. The van der Waals surface area contributed by atoms with E-state index in [0.29, 0.717) is 37.6 Å². The van der Waals surface area contributed by atoms with Crippen molar-refractivity contribution >= 4 is 29.7 Å². The van der Waals surface area contributed by atoms with Gasteiger partial charge in [0.25, 0.3) is 0 Å². The Hall–Kier alpha value is -2.26. The Labute approximate surface area is 271 Å². The fourth-order valence-corrected chi connectivity index (χ4v) is 5.62. The molecule has 1 aliphatic heterocycles. The molecule has 10 heteroatoms. The summed E-state index contributed by atoms with van der Waals surface area (Å²) in [5.41, 5.74) is 0. The van der Waals surface area contributed by atoms with Crippen molar-refractivity contribution in [3.05, 3.63) is 23.4 Å². The first-order chi connectivity index (χ1) is 21.5. The van der Waals surface area contributed by atoms with Gasteiger partial charge in [0.15, 0.2) is 0 Å². The van der Waals surface area contributed by atoms with Gasteiger partial charge in [-0.3, -0.25) is 0 Å². The van der Waals surface area contributed by atoms with E-state index >= 15 is 0 Å². The topological polar surface area (TPSA) is 90.4 Å². The summed E-state index contributed by atoms with van der Waals surface area (Å²) in [4.78, 5) is 33.0. The number of pyridine rings is 1. The van der Waals surface area contributed by atoms with Crippen LogP contribution < -0.4 is 4.90 Å². The van der Waals surface area contributed by atoms with Crippen molar-refractivity contribution in [3.63, 3.8) is 0 Å². The van der Waals surface area contributed by atoms with Gasteiger partial charge < -0.3 is 28.7 Å².